The van der Waals surface area contributed by atoms with E-state index in [1.165, 1.54) is 24.3 Å². The van der Waals surface area contributed by atoms with Crippen molar-refractivity contribution in [2.75, 3.05) is 5.01 Å². The first-order valence-corrected chi connectivity index (χ1v) is 6.76. The van der Waals surface area contributed by atoms with E-state index in [0.29, 0.717) is 11.3 Å². The molecule has 114 valence electrons. The quantitative estimate of drug-likeness (QED) is 0.493. The van der Waals surface area contributed by atoms with Crippen LogP contribution in [0.2, 0.25) is 0 Å². The van der Waals surface area contributed by atoms with Gasteiger partial charge in [-0.05, 0) is 19.1 Å². The van der Waals surface area contributed by atoms with Crippen LogP contribution in [0.5, 0.6) is 0 Å². The van der Waals surface area contributed by atoms with Crippen molar-refractivity contribution in [2.24, 2.45) is 5.10 Å². The monoisotopic (exact) mass is 309 g/mol. The number of benzene rings is 2. The summed E-state index contributed by atoms with van der Waals surface area (Å²) in [4.78, 5) is 34.3. The van der Waals surface area contributed by atoms with Gasteiger partial charge in [0.25, 0.3) is 11.5 Å². The van der Waals surface area contributed by atoms with Crippen molar-refractivity contribution in [1.29, 1.82) is 0 Å². The largest absolute Gasteiger partial charge is 0.321 e. The first-order valence-electron chi connectivity index (χ1n) is 6.76. The van der Waals surface area contributed by atoms with Crippen molar-refractivity contribution in [1.82, 2.24) is 0 Å². The van der Waals surface area contributed by atoms with Crippen LogP contribution in [0, 0.1) is 17.0 Å². The Labute approximate surface area is 131 Å². The van der Waals surface area contributed by atoms with Crippen LogP contribution < -0.4 is 5.01 Å². The lowest BCUT2D eigenvalue weighted by atomic mass is 10.1. The van der Waals surface area contributed by atoms with E-state index in [1.54, 1.807) is 12.1 Å². The molecule has 0 aromatic heterocycles. The fourth-order valence-electron chi connectivity index (χ4n) is 2.18. The fourth-order valence-corrected chi connectivity index (χ4v) is 2.18. The van der Waals surface area contributed by atoms with Gasteiger partial charge in [0, 0.05) is 17.7 Å². The minimum absolute atomic E-state index is 0.0633. The molecule has 1 aliphatic heterocycles. The van der Waals surface area contributed by atoms with Gasteiger partial charge >= 0.3 is 5.91 Å². The lowest BCUT2D eigenvalue weighted by Crippen LogP contribution is -2.27. The molecule has 0 radical (unpaired) electrons. The van der Waals surface area contributed by atoms with Gasteiger partial charge in [0.05, 0.1) is 10.6 Å². The summed E-state index contributed by atoms with van der Waals surface area (Å²) in [6.45, 7) is 1.91. The predicted molar refractivity (Wildman–Crippen MR) is 83.3 cm³/mol. The van der Waals surface area contributed by atoms with Gasteiger partial charge in [0.2, 0.25) is 0 Å². The maximum absolute atomic E-state index is 12.1. The van der Waals surface area contributed by atoms with E-state index in [0.717, 1.165) is 10.6 Å². The number of hydrogen-bond acceptors (Lipinski definition) is 5. The Balaban J connectivity index is 1.97. The molecule has 0 aliphatic carbocycles. The van der Waals surface area contributed by atoms with Gasteiger partial charge in [-0.3, -0.25) is 19.7 Å². The van der Waals surface area contributed by atoms with Gasteiger partial charge in [-0.15, -0.1) is 0 Å². The molecule has 0 spiro atoms. The minimum Gasteiger partial charge on any atom is -0.281 e. The van der Waals surface area contributed by atoms with E-state index in [-0.39, 0.29) is 11.4 Å². The molecule has 0 atom stereocenters. The Bertz CT molecular complexity index is 839. The van der Waals surface area contributed by atoms with E-state index in [1.807, 2.05) is 19.1 Å². The number of rotatable bonds is 3. The summed E-state index contributed by atoms with van der Waals surface area (Å²) in [5.41, 5.74) is 1.84. The molecule has 2 aromatic rings. The molecule has 1 amide bonds. The van der Waals surface area contributed by atoms with Crippen LogP contribution in [-0.2, 0) is 9.59 Å². The Morgan fingerprint density at radius 2 is 1.61 bits per heavy atom. The number of ketones is 1. The van der Waals surface area contributed by atoms with Gasteiger partial charge < -0.3 is 0 Å². The zero-order valence-corrected chi connectivity index (χ0v) is 12.1. The molecule has 0 fully saturated rings. The summed E-state index contributed by atoms with van der Waals surface area (Å²) in [6.07, 6.45) is 0. The molecule has 2 aromatic carbocycles. The summed E-state index contributed by atoms with van der Waals surface area (Å²) < 4.78 is 0. The zero-order chi connectivity index (χ0) is 16.6. The van der Waals surface area contributed by atoms with Crippen molar-refractivity contribution in [3.05, 3.63) is 69.8 Å². The van der Waals surface area contributed by atoms with Crippen LogP contribution in [0.25, 0.3) is 0 Å². The topological polar surface area (TPSA) is 92.9 Å². The van der Waals surface area contributed by atoms with Crippen LogP contribution in [0.4, 0.5) is 11.4 Å². The van der Waals surface area contributed by atoms with Crippen LogP contribution in [0.1, 0.15) is 11.1 Å². The first kappa shape index (κ1) is 14.6. The highest BCUT2D eigenvalue weighted by molar-refractivity contribution is 6.72. The second kappa shape index (κ2) is 5.45. The number of nitro benzene ring substituents is 1. The van der Waals surface area contributed by atoms with E-state index < -0.39 is 16.6 Å². The van der Waals surface area contributed by atoms with E-state index in [2.05, 4.69) is 5.10 Å². The molecular formula is C16H11N3O4. The average molecular weight is 309 g/mol. The predicted octanol–water partition coefficient (Wildman–Crippen LogP) is 2.22. The number of carbonyl (C=O) groups excluding carboxylic acids is 2. The maximum atomic E-state index is 12.1. The molecule has 0 bridgehead atoms. The molecular weight excluding hydrogens is 298 g/mol. The summed E-state index contributed by atoms with van der Waals surface area (Å²) in [5.74, 6) is -1.48. The summed E-state index contributed by atoms with van der Waals surface area (Å²) in [7, 11) is 0. The highest BCUT2D eigenvalue weighted by Crippen LogP contribution is 2.24. The Morgan fingerprint density at radius 1 is 1.00 bits per heavy atom. The lowest BCUT2D eigenvalue weighted by Gasteiger charge is -2.09. The smallest absolute Gasteiger partial charge is 0.281 e. The first-order chi connectivity index (χ1) is 11.0. The van der Waals surface area contributed by atoms with Crippen molar-refractivity contribution in [3.63, 3.8) is 0 Å². The zero-order valence-electron chi connectivity index (χ0n) is 12.1. The molecule has 7 nitrogen and oxygen atoms in total. The number of amides is 1. The van der Waals surface area contributed by atoms with E-state index in [4.69, 9.17) is 0 Å². The third-order valence-corrected chi connectivity index (χ3v) is 3.43. The molecule has 3 rings (SSSR count). The van der Waals surface area contributed by atoms with Gasteiger partial charge in [-0.1, -0.05) is 29.8 Å². The van der Waals surface area contributed by atoms with E-state index >= 15 is 0 Å². The van der Waals surface area contributed by atoms with Crippen molar-refractivity contribution in [3.8, 4) is 0 Å². The van der Waals surface area contributed by atoms with Gasteiger partial charge in [-0.2, -0.15) is 10.1 Å². The normalized spacial score (nSPS) is 14.1. The number of hydrazone groups is 1. The number of aryl methyl sites for hydroxylation is 1. The Kier molecular flexibility index (Phi) is 3.46. The summed E-state index contributed by atoms with van der Waals surface area (Å²) in [5, 5.41) is 15.7. The van der Waals surface area contributed by atoms with Gasteiger partial charge in [-0.25, -0.2) is 0 Å². The number of nitro groups is 1. The molecule has 0 saturated heterocycles. The second-order valence-electron chi connectivity index (χ2n) is 5.03. The van der Waals surface area contributed by atoms with Crippen molar-refractivity contribution in [2.45, 2.75) is 6.92 Å². The van der Waals surface area contributed by atoms with E-state index in [9.17, 15) is 19.7 Å². The van der Waals surface area contributed by atoms with Crippen LogP contribution in [0.3, 0.4) is 0 Å². The Hall–Kier alpha value is -3.35. The summed E-state index contributed by atoms with van der Waals surface area (Å²) >= 11 is 0. The van der Waals surface area contributed by atoms with Crippen molar-refractivity contribution >= 4 is 28.8 Å². The third-order valence-electron chi connectivity index (χ3n) is 3.43. The van der Waals surface area contributed by atoms with Crippen LogP contribution in [0.15, 0.2) is 53.6 Å². The SMILES string of the molecule is Cc1ccc(C2=NN(c3ccc([N+](=O)[O-])cc3)C(=O)C2=O)cc1. The second-order valence-corrected chi connectivity index (χ2v) is 5.03. The number of nitrogens with zero attached hydrogens (tertiary/aromatic N) is 3. The Morgan fingerprint density at radius 3 is 2.17 bits per heavy atom. The highest BCUT2D eigenvalue weighted by Gasteiger charge is 2.35. The maximum Gasteiger partial charge on any atom is 0.321 e. The van der Waals surface area contributed by atoms with Crippen molar-refractivity contribution < 1.29 is 14.5 Å². The number of anilines is 1. The van der Waals surface area contributed by atoms with Crippen LogP contribution in [-0.4, -0.2) is 22.3 Å². The molecule has 23 heavy (non-hydrogen) atoms. The van der Waals surface area contributed by atoms with Crippen LogP contribution >= 0.6 is 0 Å². The molecule has 0 N–H and O–H groups in total. The highest BCUT2D eigenvalue weighted by atomic mass is 16.6. The number of hydrogen-bond donors (Lipinski definition) is 0. The number of non-ortho nitro benzene ring substituents is 1. The average Bonchev–Trinajstić information content (AvgIpc) is 2.84. The molecule has 0 saturated carbocycles. The minimum atomic E-state index is -0.783. The number of carbonyl (C=O) groups is 2. The standard InChI is InChI=1S/C16H11N3O4/c1-10-2-4-11(5-3-10)14-15(20)16(21)18(17-14)12-6-8-13(9-7-12)19(22)23/h2-9H,1H3. The molecule has 7 heteroatoms. The lowest BCUT2D eigenvalue weighted by molar-refractivity contribution is -0.384. The molecule has 1 heterocycles. The molecule has 1 aliphatic rings. The molecule has 0 unspecified atom stereocenters. The van der Waals surface area contributed by atoms with Gasteiger partial charge in [0.1, 0.15) is 5.71 Å². The number of Topliss-reactive ketones (excluding diaryl/α,β-unsaturated/α-hetero) is 1. The third kappa shape index (κ3) is 2.59. The summed E-state index contributed by atoms with van der Waals surface area (Å²) in [6, 6.07) is 12.4. The van der Waals surface area contributed by atoms with Gasteiger partial charge in [0.15, 0.2) is 0 Å². The fraction of sp³-hybridized carbons (Fsp3) is 0.0625.